The molecule has 0 unspecified atom stereocenters. The van der Waals surface area contributed by atoms with E-state index < -0.39 is 5.78 Å². The molecule has 50 valence electrons. The average molecular weight is 128 g/mol. The number of aliphatic hydroxyl groups is 1. The second-order valence-electron chi connectivity index (χ2n) is 1.60. The molecule has 0 radical (unpaired) electrons. The number of aliphatic hydroxyl groups excluding tert-OH is 1. The first-order valence-corrected chi connectivity index (χ1v) is 2.37. The summed E-state index contributed by atoms with van der Waals surface area (Å²) in [5, 5.41) is 11.4. The van der Waals surface area contributed by atoms with Gasteiger partial charge in [-0.2, -0.15) is 5.11 Å². The van der Waals surface area contributed by atoms with E-state index in [1.54, 1.807) is 0 Å². The molecule has 0 aromatic carbocycles. The molecule has 0 aliphatic heterocycles. The van der Waals surface area contributed by atoms with E-state index in [2.05, 4.69) is 5.11 Å². The Kier molecular flexibility index (Phi) is 2.57. The summed E-state index contributed by atoms with van der Waals surface area (Å²) < 4.78 is 0. The van der Waals surface area contributed by atoms with E-state index in [1.807, 2.05) is 0 Å². The van der Waals surface area contributed by atoms with Gasteiger partial charge >= 0.3 is 0 Å². The Morgan fingerprint density at radius 1 is 1.56 bits per heavy atom. The predicted octanol–water partition coefficient (Wildman–Crippen LogP) is 1.40. The standard InChI is InChI=1S/C5H8N2O2/c1-3(8)5(7-6)4(2)9/h6,8H,1-2H3. The summed E-state index contributed by atoms with van der Waals surface area (Å²) in [7, 11) is 0. The molecule has 0 aliphatic carbocycles. The third-order valence-corrected chi connectivity index (χ3v) is 0.788. The molecule has 0 spiro atoms. The van der Waals surface area contributed by atoms with Crippen molar-refractivity contribution in [3.8, 4) is 0 Å². The Bertz CT molecular complexity index is 168. The van der Waals surface area contributed by atoms with Gasteiger partial charge in [-0.05, 0) is 6.92 Å². The molecule has 9 heavy (non-hydrogen) atoms. The topological polar surface area (TPSA) is 73.5 Å². The minimum Gasteiger partial charge on any atom is -0.510 e. The maximum absolute atomic E-state index is 10.4. The Morgan fingerprint density at radius 3 is 2.00 bits per heavy atom. The normalized spacial score (nSPS) is 12.2. The molecular formula is C5H8N2O2. The lowest BCUT2D eigenvalue weighted by Gasteiger charge is -1.92. The zero-order chi connectivity index (χ0) is 7.44. The third kappa shape index (κ3) is 2.03. The first-order valence-electron chi connectivity index (χ1n) is 2.37. The molecule has 0 atom stereocenters. The van der Waals surface area contributed by atoms with Gasteiger partial charge in [-0.15, -0.1) is 0 Å². The maximum atomic E-state index is 10.4. The van der Waals surface area contributed by atoms with E-state index in [-0.39, 0.29) is 11.5 Å². The van der Waals surface area contributed by atoms with Crippen LogP contribution in [0.1, 0.15) is 13.8 Å². The van der Waals surface area contributed by atoms with Crippen LogP contribution in [-0.2, 0) is 4.79 Å². The monoisotopic (exact) mass is 128 g/mol. The zero-order valence-electron chi connectivity index (χ0n) is 5.30. The lowest BCUT2D eigenvalue weighted by atomic mass is 10.3. The highest BCUT2D eigenvalue weighted by Crippen LogP contribution is 2.02. The fourth-order valence-corrected chi connectivity index (χ4v) is 0.414. The van der Waals surface area contributed by atoms with Crippen LogP contribution in [0.3, 0.4) is 0 Å². The van der Waals surface area contributed by atoms with E-state index in [4.69, 9.17) is 10.6 Å². The maximum Gasteiger partial charge on any atom is 0.183 e. The molecule has 0 amide bonds. The first-order chi connectivity index (χ1) is 4.09. The van der Waals surface area contributed by atoms with E-state index in [0.29, 0.717) is 0 Å². The number of carbonyl (C=O) groups excluding carboxylic acids is 1. The van der Waals surface area contributed by atoms with Crippen LogP contribution < -0.4 is 0 Å². The van der Waals surface area contributed by atoms with Crippen molar-refractivity contribution in [2.45, 2.75) is 13.8 Å². The lowest BCUT2D eigenvalue weighted by Crippen LogP contribution is -1.95. The fraction of sp³-hybridized carbons (Fsp3) is 0.400. The Balaban J connectivity index is 4.55. The zero-order valence-corrected chi connectivity index (χ0v) is 5.30. The minimum atomic E-state index is -0.398. The van der Waals surface area contributed by atoms with Crippen LogP contribution in [0.5, 0.6) is 0 Å². The number of nitrogens with zero attached hydrogens (tertiary/aromatic N) is 1. The highest BCUT2D eigenvalue weighted by Gasteiger charge is 2.04. The first kappa shape index (κ1) is 7.81. The van der Waals surface area contributed by atoms with Crippen molar-refractivity contribution in [2.75, 3.05) is 0 Å². The average Bonchev–Trinajstić information content (AvgIpc) is 1.64. The fourth-order valence-electron chi connectivity index (χ4n) is 0.414. The molecule has 0 heterocycles. The number of carbonyl (C=O) groups is 1. The van der Waals surface area contributed by atoms with Crippen LogP contribution in [0.15, 0.2) is 16.6 Å². The van der Waals surface area contributed by atoms with Crippen LogP contribution in [0, 0.1) is 5.53 Å². The van der Waals surface area contributed by atoms with Gasteiger partial charge in [-0.25, -0.2) is 5.53 Å². The van der Waals surface area contributed by atoms with E-state index in [9.17, 15) is 4.79 Å². The molecule has 0 rings (SSSR count). The largest absolute Gasteiger partial charge is 0.510 e. The third-order valence-electron chi connectivity index (χ3n) is 0.788. The SMILES string of the molecule is CC(=O)C(N=N)=C(C)O. The molecule has 0 saturated heterocycles. The highest BCUT2D eigenvalue weighted by molar-refractivity contribution is 5.92. The summed E-state index contributed by atoms with van der Waals surface area (Å²) in [5.74, 6) is -0.609. The molecule has 0 aromatic rings. The van der Waals surface area contributed by atoms with E-state index in [1.165, 1.54) is 13.8 Å². The van der Waals surface area contributed by atoms with Crippen LogP contribution in [0.25, 0.3) is 0 Å². The van der Waals surface area contributed by atoms with E-state index in [0.717, 1.165) is 0 Å². The number of Topliss-reactive ketones (excluding diaryl/α,β-unsaturated/α-hetero) is 1. The number of hydrogen-bond donors (Lipinski definition) is 2. The molecule has 2 N–H and O–H groups in total. The highest BCUT2D eigenvalue weighted by atomic mass is 16.3. The lowest BCUT2D eigenvalue weighted by molar-refractivity contribution is -0.113. The molecule has 0 aromatic heterocycles. The van der Waals surface area contributed by atoms with Crippen LogP contribution in [-0.4, -0.2) is 10.9 Å². The molecule has 0 fully saturated rings. The second kappa shape index (κ2) is 2.96. The van der Waals surface area contributed by atoms with Gasteiger partial charge in [0.25, 0.3) is 0 Å². The van der Waals surface area contributed by atoms with E-state index >= 15 is 0 Å². The van der Waals surface area contributed by atoms with Gasteiger partial charge in [0, 0.05) is 6.92 Å². The van der Waals surface area contributed by atoms with Gasteiger partial charge in [0.05, 0.1) is 0 Å². The molecule has 4 heteroatoms. The second-order valence-corrected chi connectivity index (χ2v) is 1.60. The summed E-state index contributed by atoms with van der Waals surface area (Å²) in [4.78, 5) is 10.4. The quantitative estimate of drug-likeness (QED) is 0.335. The Morgan fingerprint density at radius 2 is 2.00 bits per heavy atom. The Labute approximate surface area is 52.7 Å². The van der Waals surface area contributed by atoms with Crippen molar-refractivity contribution < 1.29 is 9.90 Å². The smallest absolute Gasteiger partial charge is 0.183 e. The van der Waals surface area contributed by atoms with Crippen molar-refractivity contribution in [1.29, 1.82) is 5.53 Å². The predicted molar refractivity (Wildman–Crippen MR) is 31.2 cm³/mol. The van der Waals surface area contributed by atoms with Crippen molar-refractivity contribution in [2.24, 2.45) is 5.11 Å². The van der Waals surface area contributed by atoms with Crippen LogP contribution in [0.2, 0.25) is 0 Å². The summed E-state index contributed by atoms with van der Waals surface area (Å²) in [6.45, 7) is 2.56. The van der Waals surface area contributed by atoms with Gasteiger partial charge < -0.3 is 5.11 Å². The van der Waals surface area contributed by atoms with Gasteiger partial charge in [0.2, 0.25) is 0 Å². The van der Waals surface area contributed by atoms with Crippen molar-refractivity contribution >= 4 is 5.78 Å². The summed E-state index contributed by atoms with van der Waals surface area (Å²) in [5.41, 5.74) is 6.22. The van der Waals surface area contributed by atoms with Gasteiger partial charge in [0.1, 0.15) is 5.76 Å². The molecule has 0 aliphatic rings. The summed E-state index contributed by atoms with van der Waals surface area (Å²) >= 11 is 0. The van der Waals surface area contributed by atoms with Gasteiger partial charge in [-0.3, -0.25) is 4.79 Å². The Hall–Kier alpha value is -1.19. The summed E-state index contributed by atoms with van der Waals surface area (Å²) in [6.07, 6.45) is 0. The van der Waals surface area contributed by atoms with Crippen molar-refractivity contribution in [1.82, 2.24) is 0 Å². The number of hydrogen-bond acceptors (Lipinski definition) is 4. The molecule has 4 nitrogen and oxygen atoms in total. The van der Waals surface area contributed by atoms with Crippen molar-refractivity contribution in [3.05, 3.63) is 11.5 Å². The number of rotatable bonds is 2. The van der Waals surface area contributed by atoms with Gasteiger partial charge in [-0.1, -0.05) is 0 Å². The molecule has 0 bridgehead atoms. The molecular weight excluding hydrogens is 120 g/mol. The van der Waals surface area contributed by atoms with Crippen molar-refractivity contribution in [3.63, 3.8) is 0 Å². The number of nitrogens with one attached hydrogen (secondary N) is 1. The number of ketones is 1. The summed E-state index contributed by atoms with van der Waals surface area (Å²) in [6, 6.07) is 0. The molecule has 0 saturated carbocycles. The van der Waals surface area contributed by atoms with Crippen LogP contribution in [0.4, 0.5) is 0 Å². The van der Waals surface area contributed by atoms with Crippen LogP contribution >= 0.6 is 0 Å². The van der Waals surface area contributed by atoms with Gasteiger partial charge in [0.15, 0.2) is 11.5 Å². The number of allylic oxidation sites excluding steroid dienone is 2. The minimum absolute atomic E-state index is 0.185.